The maximum Gasteiger partial charge on any atom is 0.416 e. The first kappa shape index (κ1) is 25.1. The van der Waals surface area contributed by atoms with Gasteiger partial charge in [-0.05, 0) is 37.6 Å². The van der Waals surface area contributed by atoms with E-state index in [1.165, 1.54) is 6.20 Å². The summed E-state index contributed by atoms with van der Waals surface area (Å²) in [5.74, 6) is 0.0264. The molecule has 11 heteroatoms. The minimum absolute atomic E-state index is 0.0264. The monoisotopic (exact) mass is 482 g/mol. The normalized spacial score (nSPS) is 12.5. The minimum Gasteiger partial charge on any atom is -0.467 e. The third kappa shape index (κ3) is 6.75. The summed E-state index contributed by atoms with van der Waals surface area (Å²) < 4.78 is 58.0. The number of hydrogen-bond acceptors (Lipinski definition) is 6. The van der Waals surface area contributed by atoms with Crippen LogP contribution in [0.1, 0.15) is 18.1 Å². The van der Waals surface area contributed by atoms with Gasteiger partial charge >= 0.3 is 6.18 Å². The summed E-state index contributed by atoms with van der Waals surface area (Å²) in [6, 6.07) is 3.07. The number of aryl methyl sites for hydroxylation is 1. The topological polar surface area (TPSA) is 71.3 Å². The van der Waals surface area contributed by atoms with E-state index >= 15 is 0 Å². The van der Waals surface area contributed by atoms with E-state index in [0.29, 0.717) is 41.2 Å². The molecule has 0 saturated carbocycles. The molecule has 2 aromatic heterocycles. The van der Waals surface area contributed by atoms with E-state index in [1.807, 2.05) is 0 Å². The molecule has 3 aromatic rings. The van der Waals surface area contributed by atoms with Crippen LogP contribution in [0.5, 0.6) is 5.75 Å². The predicted octanol–water partition coefficient (Wildman–Crippen LogP) is 5.51. The second kappa shape index (κ2) is 10.2. The zero-order chi connectivity index (χ0) is 24.2. The van der Waals surface area contributed by atoms with Gasteiger partial charge in [0.25, 0.3) is 0 Å². The third-order valence-corrected chi connectivity index (χ3v) is 6.58. The molecule has 180 valence electrons. The van der Waals surface area contributed by atoms with Crippen LogP contribution in [0.3, 0.4) is 0 Å². The molecule has 0 N–H and O–H groups in total. The van der Waals surface area contributed by atoms with Crippen LogP contribution >= 0.6 is 0 Å². The molecule has 0 atom stereocenters. The quantitative estimate of drug-likeness (QED) is 0.216. The lowest BCUT2D eigenvalue weighted by Crippen LogP contribution is -2.22. The summed E-state index contributed by atoms with van der Waals surface area (Å²) in [7, 11) is -1.18. The molecule has 0 saturated heterocycles. The van der Waals surface area contributed by atoms with Gasteiger partial charge in [-0.15, -0.1) is 5.10 Å². The molecular formula is C22H29F3N4O3Si. The van der Waals surface area contributed by atoms with Crippen LogP contribution in [0.4, 0.5) is 13.2 Å². The fourth-order valence-corrected chi connectivity index (χ4v) is 3.87. The maximum atomic E-state index is 13.3. The van der Waals surface area contributed by atoms with Crippen molar-refractivity contribution in [3.63, 3.8) is 0 Å². The molecule has 2 heterocycles. The number of alkyl halides is 3. The van der Waals surface area contributed by atoms with E-state index in [9.17, 15) is 13.2 Å². The van der Waals surface area contributed by atoms with Gasteiger partial charge in [0.1, 0.15) is 18.0 Å². The number of nitrogens with zero attached hydrogens (tertiary/aromatic N) is 4. The van der Waals surface area contributed by atoms with E-state index < -0.39 is 19.8 Å². The van der Waals surface area contributed by atoms with Gasteiger partial charge in [0.2, 0.25) is 5.65 Å². The van der Waals surface area contributed by atoms with Gasteiger partial charge in [-0.1, -0.05) is 19.6 Å². The number of ether oxygens (including phenoxy) is 3. The van der Waals surface area contributed by atoms with Gasteiger partial charge in [0, 0.05) is 26.9 Å². The van der Waals surface area contributed by atoms with Crippen LogP contribution in [-0.2, 0) is 22.4 Å². The van der Waals surface area contributed by atoms with Gasteiger partial charge in [-0.25, -0.2) is 14.6 Å². The Morgan fingerprint density at radius 3 is 2.55 bits per heavy atom. The summed E-state index contributed by atoms with van der Waals surface area (Å²) in [4.78, 5) is 8.92. The molecule has 0 fully saturated rings. The average molecular weight is 483 g/mol. The molecule has 1 aromatic carbocycles. The van der Waals surface area contributed by atoms with E-state index in [-0.39, 0.29) is 19.3 Å². The maximum absolute atomic E-state index is 13.3. The Morgan fingerprint density at radius 1 is 1.12 bits per heavy atom. The molecule has 0 radical (unpaired) electrons. The Hall–Kier alpha value is -2.50. The standard InChI is InChI=1S/C22H29F3N4O3Si/c1-6-30-14-32-19-10-16(22(23,24)25)9-15(2)20(19)17-11-26-18-12-29(28-21(18)27-17)13-31-7-8-33(3,4)5/h9-12H,6-8,13-14H2,1-5H3. The van der Waals surface area contributed by atoms with Gasteiger partial charge in [0.15, 0.2) is 6.79 Å². The predicted molar refractivity (Wildman–Crippen MR) is 122 cm³/mol. The number of halogens is 3. The highest BCUT2D eigenvalue weighted by atomic mass is 28.3. The van der Waals surface area contributed by atoms with Crippen LogP contribution in [0, 0.1) is 6.92 Å². The first-order chi connectivity index (χ1) is 15.5. The lowest BCUT2D eigenvalue weighted by Gasteiger charge is -2.16. The van der Waals surface area contributed by atoms with Crippen molar-refractivity contribution in [1.29, 1.82) is 0 Å². The van der Waals surface area contributed by atoms with Gasteiger partial charge in [0.05, 0.1) is 23.7 Å². The smallest absolute Gasteiger partial charge is 0.416 e. The van der Waals surface area contributed by atoms with Crippen molar-refractivity contribution in [2.24, 2.45) is 0 Å². The average Bonchev–Trinajstić information content (AvgIpc) is 3.12. The van der Waals surface area contributed by atoms with Crippen molar-refractivity contribution in [3.8, 4) is 17.0 Å². The van der Waals surface area contributed by atoms with Crippen molar-refractivity contribution in [2.45, 2.75) is 52.4 Å². The Morgan fingerprint density at radius 2 is 1.88 bits per heavy atom. The van der Waals surface area contributed by atoms with E-state index in [2.05, 4.69) is 34.7 Å². The molecule has 33 heavy (non-hydrogen) atoms. The van der Waals surface area contributed by atoms with Crippen molar-refractivity contribution in [3.05, 3.63) is 35.7 Å². The summed E-state index contributed by atoms with van der Waals surface area (Å²) in [6.07, 6.45) is -1.27. The molecular weight excluding hydrogens is 453 g/mol. The fourth-order valence-electron chi connectivity index (χ4n) is 3.12. The highest BCUT2D eigenvalue weighted by Crippen LogP contribution is 2.39. The van der Waals surface area contributed by atoms with Crippen LogP contribution in [0.2, 0.25) is 25.7 Å². The van der Waals surface area contributed by atoms with Gasteiger partial charge in [-0.3, -0.25) is 0 Å². The number of benzene rings is 1. The Bertz CT molecular complexity index is 1100. The largest absolute Gasteiger partial charge is 0.467 e. The zero-order valence-corrected chi connectivity index (χ0v) is 20.5. The highest BCUT2D eigenvalue weighted by molar-refractivity contribution is 6.76. The SMILES string of the molecule is CCOCOc1cc(C(F)(F)F)cc(C)c1-c1cnc2cn(COCC[Si](C)(C)C)nc2n1. The van der Waals surface area contributed by atoms with Crippen LogP contribution in [0.25, 0.3) is 22.4 Å². The van der Waals surface area contributed by atoms with Crippen LogP contribution in [0.15, 0.2) is 24.5 Å². The molecule has 0 unspecified atom stereocenters. The third-order valence-electron chi connectivity index (χ3n) is 4.88. The number of fused-ring (bicyclic) bond motifs is 1. The molecule has 0 aliphatic heterocycles. The Kier molecular flexibility index (Phi) is 7.75. The summed E-state index contributed by atoms with van der Waals surface area (Å²) in [6.45, 7) is 11.3. The minimum atomic E-state index is -4.50. The van der Waals surface area contributed by atoms with Gasteiger partial charge in [-0.2, -0.15) is 13.2 Å². The first-order valence-electron chi connectivity index (χ1n) is 10.7. The summed E-state index contributed by atoms with van der Waals surface area (Å²) >= 11 is 0. The molecule has 0 aliphatic carbocycles. The second-order valence-electron chi connectivity index (χ2n) is 8.90. The van der Waals surface area contributed by atoms with Crippen LogP contribution in [-0.4, -0.2) is 47.8 Å². The first-order valence-corrected chi connectivity index (χ1v) is 14.4. The molecule has 0 spiro atoms. The lowest BCUT2D eigenvalue weighted by molar-refractivity contribution is -0.137. The van der Waals surface area contributed by atoms with E-state index in [0.717, 1.165) is 18.2 Å². The number of hydrogen-bond donors (Lipinski definition) is 0. The van der Waals surface area contributed by atoms with Crippen molar-refractivity contribution < 1.29 is 27.4 Å². The Balaban J connectivity index is 1.89. The molecule has 3 rings (SSSR count). The Labute approximate surface area is 191 Å². The zero-order valence-electron chi connectivity index (χ0n) is 19.5. The molecule has 7 nitrogen and oxygen atoms in total. The van der Waals surface area contributed by atoms with E-state index in [4.69, 9.17) is 14.2 Å². The van der Waals surface area contributed by atoms with Crippen molar-refractivity contribution in [2.75, 3.05) is 20.0 Å². The van der Waals surface area contributed by atoms with Crippen molar-refractivity contribution >= 4 is 19.2 Å². The van der Waals surface area contributed by atoms with Crippen LogP contribution < -0.4 is 4.74 Å². The highest BCUT2D eigenvalue weighted by Gasteiger charge is 2.32. The summed E-state index contributed by atoms with van der Waals surface area (Å²) in [5, 5.41) is 4.41. The summed E-state index contributed by atoms with van der Waals surface area (Å²) in [5.41, 5.74) is 1.27. The van der Waals surface area contributed by atoms with E-state index in [1.54, 1.807) is 24.7 Å². The number of rotatable bonds is 10. The van der Waals surface area contributed by atoms with Gasteiger partial charge < -0.3 is 14.2 Å². The molecule has 0 amide bonds. The fraction of sp³-hybridized carbons (Fsp3) is 0.500. The molecule has 0 bridgehead atoms. The number of aromatic nitrogens is 4. The van der Waals surface area contributed by atoms with Crippen molar-refractivity contribution in [1.82, 2.24) is 19.7 Å². The molecule has 0 aliphatic rings. The lowest BCUT2D eigenvalue weighted by atomic mass is 10.0. The second-order valence-corrected chi connectivity index (χ2v) is 14.5.